The Kier molecular flexibility index (Phi) is 6.47. The summed E-state index contributed by atoms with van der Waals surface area (Å²) in [6.45, 7) is 5.69. The third kappa shape index (κ3) is 6.50. The maximum absolute atomic E-state index is 10.6. The quantitative estimate of drug-likeness (QED) is 0.673. The topological polar surface area (TPSA) is 34.1 Å². The van der Waals surface area contributed by atoms with Gasteiger partial charge in [0.25, 0.3) is 0 Å². The largest absolute Gasteiger partial charge is 0.300 e. The molecule has 0 radical (unpaired) electrons. The molecule has 0 atom stereocenters. The van der Waals surface area contributed by atoms with Gasteiger partial charge < -0.3 is 0 Å². The summed E-state index contributed by atoms with van der Waals surface area (Å²) in [6.07, 6.45) is 4.44. The lowest BCUT2D eigenvalue weighted by Gasteiger charge is -1.84. The standard InChI is InChI=1S/C6H10O.C5H10O/c1-2-6(7)5-3-4-5;1-3-5(6)4-2/h5H,2-4H2,1H3;3-4H2,1-2H3. The second kappa shape index (κ2) is 6.81. The number of Topliss-reactive ketones (excluding diaryl/α,β-unsaturated/α-hetero) is 2. The molecule has 1 aliphatic carbocycles. The maximum Gasteiger partial charge on any atom is 0.135 e. The van der Waals surface area contributed by atoms with E-state index >= 15 is 0 Å². The van der Waals surface area contributed by atoms with Gasteiger partial charge in [0.15, 0.2) is 0 Å². The van der Waals surface area contributed by atoms with Crippen molar-refractivity contribution in [2.24, 2.45) is 5.92 Å². The van der Waals surface area contributed by atoms with Crippen molar-refractivity contribution >= 4 is 11.6 Å². The fourth-order valence-corrected chi connectivity index (χ4v) is 0.944. The molecule has 0 amide bonds. The zero-order valence-electron chi connectivity index (χ0n) is 8.93. The van der Waals surface area contributed by atoms with Crippen LogP contribution >= 0.6 is 0 Å². The van der Waals surface area contributed by atoms with Crippen molar-refractivity contribution in [2.75, 3.05) is 0 Å². The molecule has 0 saturated heterocycles. The maximum atomic E-state index is 10.6. The first-order valence-electron chi connectivity index (χ1n) is 5.20. The second-order valence-corrected chi connectivity index (χ2v) is 3.34. The van der Waals surface area contributed by atoms with Crippen LogP contribution in [0.25, 0.3) is 0 Å². The van der Waals surface area contributed by atoms with Crippen LogP contribution in [0.2, 0.25) is 0 Å². The van der Waals surface area contributed by atoms with Crippen molar-refractivity contribution in [2.45, 2.75) is 52.9 Å². The minimum absolute atomic E-state index is 0.343. The van der Waals surface area contributed by atoms with Crippen LogP contribution in [0.3, 0.4) is 0 Å². The Morgan fingerprint density at radius 1 is 1.00 bits per heavy atom. The molecule has 76 valence electrons. The number of rotatable bonds is 4. The Morgan fingerprint density at radius 2 is 1.46 bits per heavy atom. The van der Waals surface area contributed by atoms with Crippen LogP contribution in [0.4, 0.5) is 0 Å². The van der Waals surface area contributed by atoms with Gasteiger partial charge in [-0.25, -0.2) is 0 Å². The molecule has 0 N–H and O–H groups in total. The second-order valence-electron chi connectivity index (χ2n) is 3.34. The first kappa shape index (κ1) is 12.3. The number of carbonyl (C=O) groups excluding carboxylic acids is 2. The van der Waals surface area contributed by atoms with Gasteiger partial charge in [-0.2, -0.15) is 0 Å². The first-order chi connectivity index (χ1) is 6.15. The summed E-state index contributed by atoms with van der Waals surface area (Å²) in [6, 6.07) is 0. The molecule has 1 rings (SSSR count). The molecule has 13 heavy (non-hydrogen) atoms. The van der Waals surface area contributed by atoms with Gasteiger partial charge in [0.05, 0.1) is 0 Å². The van der Waals surface area contributed by atoms with Crippen LogP contribution in [0.1, 0.15) is 52.9 Å². The molecule has 0 unspecified atom stereocenters. The zero-order valence-corrected chi connectivity index (χ0v) is 8.93. The van der Waals surface area contributed by atoms with E-state index in [1.165, 1.54) is 0 Å². The van der Waals surface area contributed by atoms with Crippen LogP contribution in [0.5, 0.6) is 0 Å². The van der Waals surface area contributed by atoms with E-state index in [2.05, 4.69) is 0 Å². The van der Waals surface area contributed by atoms with E-state index < -0.39 is 0 Å². The third-order valence-corrected chi connectivity index (χ3v) is 2.17. The van der Waals surface area contributed by atoms with E-state index in [-0.39, 0.29) is 0 Å². The molecule has 1 saturated carbocycles. The van der Waals surface area contributed by atoms with Crippen LogP contribution in [-0.2, 0) is 9.59 Å². The van der Waals surface area contributed by atoms with Crippen molar-refractivity contribution in [1.29, 1.82) is 0 Å². The van der Waals surface area contributed by atoms with Gasteiger partial charge in [0.1, 0.15) is 11.6 Å². The van der Waals surface area contributed by atoms with Gasteiger partial charge >= 0.3 is 0 Å². The highest BCUT2D eigenvalue weighted by Gasteiger charge is 2.27. The highest BCUT2D eigenvalue weighted by atomic mass is 16.1. The molecule has 1 aliphatic rings. The summed E-state index contributed by atoms with van der Waals surface area (Å²) in [5.41, 5.74) is 0. The predicted molar refractivity (Wildman–Crippen MR) is 53.6 cm³/mol. The Morgan fingerprint density at radius 3 is 1.54 bits per heavy atom. The molecular formula is C11H20O2. The molecule has 0 heterocycles. The van der Waals surface area contributed by atoms with Gasteiger partial charge in [0.2, 0.25) is 0 Å². The summed E-state index contributed by atoms with van der Waals surface area (Å²) in [5, 5.41) is 0. The lowest BCUT2D eigenvalue weighted by Crippen LogP contribution is -1.95. The van der Waals surface area contributed by atoms with E-state index in [9.17, 15) is 9.59 Å². The van der Waals surface area contributed by atoms with Gasteiger partial charge in [-0.1, -0.05) is 20.8 Å². The van der Waals surface area contributed by atoms with E-state index in [0.29, 0.717) is 30.3 Å². The van der Waals surface area contributed by atoms with Crippen molar-refractivity contribution in [3.05, 3.63) is 0 Å². The first-order valence-corrected chi connectivity index (χ1v) is 5.20. The van der Waals surface area contributed by atoms with E-state index in [0.717, 1.165) is 19.3 Å². The Bertz CT molecular complexity index is 163. The van der Waals surface area contributed by atoms with Gasteiger partial charge in [-0.3, -0.25) is 9.59 Å². The van der Waals surface area contributed by atoms with Crippen LogP contribution in [-0.4, -0.2) is 11.6 Å². The summed E-state index contributed by atoms with van der Waals surface area (Å²) in [5.74, 6) is 1.28. The van der Waals surface area contributed by atoms with Crippen molar-refractivity contribution in [3.63, 3.8) is 0 Å². The SMILES string of the molecule is CCC(=O)C1CC1.CCC(=O)CC. The van der Waals surface area contributed by atoms with Crippen molar-refractivity contribution in [1.82, 2.24) is 0 Å². The van der Waals surface area contributed by atoms with E-state index in [1.54, 1.807) is 0 Å². The molecule has 2 nitrogen and oxygen atoms in total. The summed E-state index contributed by atoms with van der Waals surface area (Å²) >= 11 is 0. The highest BCUT2D eigenvalue weighted by molar-refractivity contribution is 5.82. The average Bonchev–Trinajstić information content (AvgIpc) is 2.99. The molecule has 0 aromatic rings. The van der Waals surface area contributed by atoms with Gasteiger partial charge in [-0.15, -0.1) is 0 Å². The lowest BCUT2D eigenvalue weighted by molar-refractivity contribution is -0.120. The molecule has 0 spiro atoms. The molecule has 0 aromatic heterocycles. The number of hydrogen-bond donors (Lipinski definition) is 0. The number of hydrogen-bond acceptors (Lipinski definition) is 2. The summed E-state index contributed by atoms with van der Waals surface area (Å²) in [7, 11) is 0. The average molecular weight is 184 g/mol. The van der Waals surface area contributed by atoms with Gasteiger partial charge in [0, 0.05) is 25.2 Å². The fourth-order valence-electron chi connectivity index (χ4n) is 0.944. The van der Waals surface area contributed by atoms with Gasteiger partial charge in [-0.05, 0) is 12.8 Å². The predicted octanol–water partition coefficient (Wildman–Crippen LogP) is 2.75. The Hall–Kier alpha value is -0.660. The molecule has 1 fully saturated rings. The molecule has 2 heteroatoms. The van der Waals surface area contributed by atoms with Crippen LogP contribution in [0.15, 0.2) is 0 Å². The molecule has 0 bridgehead atoms. The van der Waals surface area contributed by atoms with Crippen LogP contribution < -0.4 is 0 Å². The normalized spacial score (nSPS) is 14.4. The minimum atomic E-state index is 0.343. The number of carbonyl (C=O) groups is 2. The Labute approximate surface area is 80.7 Å². The monoisotopic (exact) mass is 184 g/mol. The Balaban J connectivity index is 0.000000226. The molecule has 0 aliphatic heterocycles. The molecule has 0 aromatic carbocycles. The van der Waals surface area contributed by atoms with E-state index in [1.807, 2.05) is 20.8 Å². The highest BCUT2D eigenvalue weighted by Crippen LogP contribution is 2.30. The summed E-state index contributed by atoms with van der Waals surface area (Å²) < 4.78 is 0. The molecular weight excluding hydrogens is 164 g/mol. The van der Waals surface area contributed by atoms with Crippen molar-refractivity contribution < 1.29 is 9.59 Å². The van der Waals surface area contributed by atoms with Crippen molar-refractivity contribution in [3.8, 4) is 0 Å². The minimum Gasteiger partial charge on any atom is -0.300 e. The smallest absolute Gasteiger partial charge is 0.135 e. The van der Waals surface area contributed by atoms with Crippen LogP contribution in [0, 0.1) is 5.92 Å². The zero-order chi connectivity index (χ0) is 10.3. The summed E-state index contributed by atoms with van der Waals surface area (Å²) in [4.78, 5) is 20.8. The van der Waals surface area contributed by atoms with E-state index in [4.69, 9.17) is 0 Å². The lowest BCUT2D eigenvalue weighted by atomic mass is 10.2. The fraction of sp³-hybridized carbons (Fsp3) is 0.818. The number of ketones is 2. The third-order valence-electron chi connectivity index (χ3n) is 2.17.